The molecule has 0 unspecified atom stereocenters. The Bertz CT molecular complexity index is 1460. The van der Waals surface area contributed by atoms with Crippen molar-refractivity contribution < 1.29 is 27.1 Å². The molecule has 1 aromatic carbocycles. The van der Waals surface area contributed by atoms with E-state index in [0.717, 1.165) is 19.3 Å². The third kappa shape index (κ3) is 6.92. The second-order valence-electron chi connectivity index (χ2n) is 9.92. The molecular weight excluding hydrogens is 551 g/mol. The summed E-state index contributed by atoms with van der Waals surface area (Å²) in [7, 11) is 1.72. The monoisotopic (exact) mass is 581 g/mol. The summed E-state index contributed by atoms with van der Waals surface area (Å²) in [5.74, 6) is -1.29. The van der Waals surface area contributed by atoms with E-state index in [2.05, 4.69) is 30.4 Å². The molecule has 2 aliphatic rings. The van der Waals surface area contributed by atoms with Crippen molar-refractivity contribution >= 4 is 17.8 Å². The van der Waals surface area contributed by atoms with Gasteiger partial charge in [-0.3, -0.25) is 19.7 Å². The summed E-state index contributed by atoms with van der Waals surface area (Å²) in [5.41, 5.74) is 2.80. The maximum absolute atomic E-state index is 14.9. The number of carbonyl (C=O) groups is 1. The van der Waals surface area contributed by atoms with Crippen molar-refractivity contribution in [2.45, 2.75) is 31.9 Å². The van der Waals surface area contributed by atoms with Crippen molar-refractivity contribution in [1.29, 1.82) is 0 Å². The maximum atomic E-state index is 14.9. The first-order chi connectivity index (χ1) is 20.4. The van der Waals surface area contributed by atoms with E-state index in [1.54, 1.807) is 54.7 Å². The second kappa shape index (κ2) is 13.5. The molecule has 10 nitrogen and oxygen atoms in total. The first-order valence-corrected chi connectivity index (χ1v) is 13.5. The number of halogens is 3. The minimum absolute atomic E-state index is 0.0658. The van der Waals surface area contributed by atoms with Crippen LogP contribution in [0.25, 0.3) is 22.6 Å². The van der Waals surface area contributed by atoms with Gasteiger partial charge in [-0.05, 0) is 67.9 Å². The lowest BCUT2D eigenvalue weighted by molar-refractivity contribution is -0.105. The van der Waals surface area contributed by atoms with Crippen LogP contribution in [0.2, 0.25) is 0 Å². The van der Waals surface area contributed by atoms with E-state index in [-0.39, 0.29) is 12.4 Å². The van der Waals surface area contributed by atoms with Gasteiger partial charge in [-0.2, -0.15) is 8.78 Å². The fourth-order valence-corrected chi connectivity index (χ4v) is 4.76. The number of hydrogen-bond donors (Lipinski definition) is 1. The second-order valence-corrected chi connectivity index (χ2v) is 9.92. The molecule has 1 amide bonds. The normalized spacial score (nSPS) is 15.2. The highest BCUT2D eigenvalue weighted by molar-refractivity contribution is 5.85. The first kappa shape index (κ1) is 29.1. The molecule has 220 valence electrons. The highest BCUT2D eigenvalue weighted by atomic mass is 19.3. The van der Waals surface area contributed by atoms with Crippen LogP contribution in [-0.4, -0.2) is 70.9 Å². The van der Waals surface area contributed by atoms with Gasteiger partial charge in [0, 0.05) is 31.2 Å². The number of carbonyl (C=O) groups excluding carboxylic acids is 1. The predicted molar refractivity (Wildman–Crippen MR) is 149 cm³/mol. The smallest absolute Gasteiger partial charge is 0.314 e. The Morgan fingerprint density at radius 3 is 2.45 bits per heavy atom. The summed E-state index contributed by atoms with van der Waals surface area (Å²) in [6.07, 6.45) is 4.99. The van der Waals surface area contributed by atoms with Gasteiger partial charge in [-0.25, -0.2) is 4.39 Å². The van der Waals surface area contributed by atoms with Crippen LogP contribution in [-0.2, 0) is 16.1 Å². The summed E-state index contributed by atoms with van der Waals surface area (Å²) in [5, 5.41) is 9.49. The summed E-state index contributed by atoms with van der Waals surface area (Å²) in [4.78, 5) is 23.6. The molecular formula is C29H30F3N7O3. The summed E-state index contributed by atoms with van der Waals surface area (Å²) < 4.78 is 50.2. The van der Waals surface area contributed by atoms with E-state index in [9.17, 15) is 18.0 Å². The number of likely N-dealkylation sites (tertiary alicyclic amines) is 1. The SMILES string of the molecule is C1CCN(C2COC2)C1.CN(Cc1ccc(-c2nnc(C(F)F)o2)cn1)c1cc(F)c(-c2ccncc2)cc1NC=O. The first-order valence-electron chi connectivity index (χ1n) is 13.5. The zero-order valence-corrected chi connectivity index (χ0v) is 22.9. The Morgan fingerprint density at radius 2 is 1.86 bits per heavy atom. The van der Waals surface area contributed by atoms with Crippen molar-refractivity contribution in [2.24, 2.45) is 0 Å². The van der Waals surface area contributed by atoms with E-state index < -0.39 is 18.1 Å². The van der Waals surface area contributed by atoms with Crippen LogP contribution in [0.4, 0.5) is 24.5 Å². The van der Waals surface area contributed by atoms with Crippen LogP contribution in [0.5, 0.6) is 0 Å². The summed E-state index contributed by atoms with van der Waals surface area (Å²) in [6, 6.07) is 10.3. The fourth-order valence-electron chi connectivity index (χ4n) is 4.76. The number of anilines is 2. The van der Waals surface area contributed by atoms with E-state index in [0.29, 0.717) is 40.2 Å². The Morgan fingerprint density at radius 1 is 1.10 bits per heavy atom. The zero-order valence-electron chi connectivity index (χ0n) is 22.9. The predicted octanol–water partition coefficient (Wildman–Crippen LogP) is 4.96. The molecule has 42 heavy (non-hydrogen) atoms. The molecule has 0 atom stereocenters. The van der Waals surface area contributed by atoms with Crippen LogP contribution in [0.1, 0.15) is 30.9 Å². The van der Waals surface area contributed by atoms with Gasteiger partial charge >= 0.3 is 6.43 Å². The standard InChI is InChI=1S/C22H17F3N6O2.C7H13NO/c1-31(11-15-3-2-14(10-27-15)21-29-30-22(33-21)20(24)25)19-9-17(23)16(8-18(19)28-12-32)13-4-6-26-7-5-13;1-2-4-8(3-1)7-5-9-6-7/h2-10,12,20H,11H2,1H3,(H,28,32);7H,1-6H2. The molecule has 0 aliphatic carbocycles. The molecule has 2 fully saturated rings. The van der Waals surface area contributed by atoms with E-state index in [1.165, 1.54) is 38.2 Å². The Balaban J connectivity index is 0.000000330. The minimum atomic E-state index is -2.85. The third-order valence-electron chi connectivity index (χ3n) is 7.08. The third-order valence-corrected chi connectivity index (χ3v) is 7.08. The van der Waals surface area contributed by atoms with Gasteiger partial charge in [0.15, 0.2) is 0 Å². The van der Waals surface area contributed by atoms with Crippen molar-refractivity contribution in [3.05, 3.63) is 72.4 Å². The lowest BCUT2D eigenvalue weighted by atomic mass is 10.0. The molecule has 6 rings (SSSR count). The Kier molecular flexibility index (Phi) is 9.39. The Labute approximate surface area is 240 Å². The molecule has 0 bridgehead atoms. The van der Waals surface area contributed by atoms with Crippen LogP contribution in [0.3, 0.4) is 0 Å². The largest absolute Gasteiger partial charge is 0.415 e. The van der Waals surface area contributed by atoms with Crippen LogP contribution >= 0.6 is 0 Å². The lowest BCUT2D eigenvalue weighted by Gasteiger charge is -2.34. The highest BCUT2D eigenvalue weighted by Crippen LogP contribution is 2.34. The van der Waals surface area contributed by atoms with Gasteiger partial charge in [0.2, 0.25) is 12.3 Å². The number of hydrogen-bond acceptors (Lipinski definition) is 9. The Hall–Kier alpha value is -4.36. The molecule has 2 saturated heterocycles. The quantitative estimate of drug-likeness (QED) is 0.275. The summed E-state index contributed by atoms with van der Waals surface area (Å²) in [6.45, 7) is 4.87. The molecule has 5 heterocycles. The van der Waals surface area contributed by atoms with Crippen molar-refractivity contribution in [3.8, 4) is 22.6 Å². The number of aromatic nitrogens is 4. The van der Waals surface area contributed by atoms with Gasteiger partial charge in [0.05, 0.1) is 48.4 Å². The van der Waals surface area contributed by atoms with Gasteiger partial charge in [-0.15, -0.1) is 10.2 Å². The number of nitrogens with one attached hydrogen (secondary N) is 1. The van der Waals surface area contributed by atoms with Crippen molar-refractivity contribution in [1.82, 2.24) is 25.1 Å². The number of ether oxygens (including phenoxy) is 1. The molecule has 2 aliphatic heterocycles. The van der Waals surface area contributed by atoms with Gasteiger partial charge in [0.25, 0.3) is 5.89 Å². The number of amides is 1. The number of alkyl halides is 2. The average Bonchev–Trinajstić information content (AvgIpc) is 3.68. The number of rotatable bonds is 9. The maximum Gasteiger partial charge on any atom is 0.314 e. The van der Waals surface area contributed by atoms with Crippen LogP contribution in [0.15, 0.2) is 59.4 Å². The molecule has 4 aromatic rings. The summed E-state index contributed by atoms with van der Waals surface area (Å²) >= 11 is 0. The minimum Gasteiger partial charge on any atom is -0.415 e. The van der Waals surface area contributed by atoms with Gasteiger partial charge in [-0.1, -0.05) is 0 Å². The van der Waals surface area contributed by atoms with Crippen molar-refractivity contribution in [3.63, 3.8) is 0 Å². The topological polar surface area (TPSA) is 110 Å². The fraction of sp³-hybridized carbons (Fsp3) is 0.345. The molecule has 0 spiro atoms. The average molecular weight is 582 g/mol. The zero-order chi connectivity index (χ0) is 29.5. The van der Waals surface area contributed by atoms with Crippen molar-refractivity contribution in [2.75, 3.05) is 43.6 Å². The molecule has 13 heteroatoms. The molecule has 1 N–H and O–H groups in total. The van der Waals surface area contributed by atoms with E-state index in [4.69, 9.17) is 9.15 Å². The van der Waals surface area contributed by atoms with Gasteiger partial charge in [0.1, 0.15) is 5.82 Å². The molecule has 0 saturated carbocycles. The van der Waals surface area contributed by atoms with E-state index in [1.807, 2.05) is 0 Å². The van der Waals surface area contributed by atoms with E-state index >= 15 is 0 Å². The highest BCUT2D eigenvalue weighted by Gasteiger charge is 2.27. The lowest BCUT2D eigenvalue weighted by Crippen LogP contribution is -2.47. The number of nitrogens with zero attached hydrogens (tertiary/aromatic N) is 6. The number of benzene rings is 1. The number of pyridine rings is 2. The van der Waals surface area contributed by atoms with Crippen LogP contribution in [0, 0.1) is 5.82 Å². The molecule has 3 aromatic heterocycles. The molecule has 0 radical (unpaired) electrons. The van der Waals surface area contributed by atoms with Gasteiger partial charge < -0.3 is 19.4 Å². The van der Waals surface area contributed by atoms with Crippen LogP contribution < -0.4 is 10.2 Å².